The number of carbonyl (C=O) groups is 1. The van der Waals surface area contributed by atoms with Gasteiger partial charge in [0, 0.05) is 17.6 Å². The lowest BCUT2D eigenvalue weighted by molar-refractivity contribution is -0.113. The first-order valence-corrected chi connectivity index (χ1v) is 13.1. The minimum absolute atomic E-state index is 0.300. The van der Waals surface area contributed by atoms with Gasteiger partial charge in [-0.1, -0.05) is 42.1 Å². The summed E-state index contributed by atoms with van der Waals surface area (Å²) < 4.78 is 18.5. The number of nitrogens with one attached hydrogen (secondary N) is 2. The van der Waals surface area contributed by atoms with Crippen molar-refractivity contribution in [3.05, 3.63) is 89.4 Å². The molecule has 5 rings (SSSR count). The van der Waals surface area contributed by atoms with Crippen LogP contribution in [0.1, 0.15) is 24.1 Å². The monoisotopic (exact) mass is 544 g/mol. The average molecular weight is 545 g/mol. The van der Waals surface area contributed by atoms with E-state index in [1.165, 1.54) is 11.8 Å². The van der Waals surface area contributed by atoms with E-state index >= 15 is 0 Å². The van der Waals surface area contributed by atoms with E-state index in [1.807, 2.05) is 37.3 Å². The SMILES string of the molecule is COc1cc([C@H]2C(C(=O)Nc3cccnc3)=C(C)Nc3nc(SCc4ccccc4)nn32)cc(OC)c1OC. The van der Waals surface area contributed by atoms with E-state index < -0.39 is 6.04 Å². The van der Waals surface area contributed by atoms with Crippen LogP contribution in [-0.2, 0) is 10.5 Å². The third-order valence-corrected chi connectivity index (χ3v) is 7.12. The van der Waals surface area contributed by atoms with Crippen LogP contribution in [-0.4, -0.2) is 47.0 Å². The molecule has 4 aromatic rings. The second-order valence-electron chi connectivity index (χ2n) is 8.66. The Morgan fingerprint density at radius 3 is 2.44 bits per heavy atom. The number of pyridine rings is 1. The topological polar surface area (TPSA) is 112 Å². The Morgan fingerprint density at radius 1 is 1.05 bits per heavy atom. The van der Waals surface area contributed by atoms with E-state index in [-0.39, 0.29) is 5.91 Å². The fourth-order valence-electron chi connectivity index (χ4n) is 4.41. The Labute approximate surface area is 230 Å². The molecule has 0 radical (unpaired) electrons. The number of carbonyl (C=O) groups excluding carboxylic acids is 1. The molecule has 0 saturated heterocycles. The predicted molar refractivity (Wildman–Crippen MR) is 149 cm³/mol. The number of rotatable bonds is 9. The van der Waals surface area contributed by atoms with Crippen LogP contribution in [0.3, 0.4) is 0 Å². The molecule has 0 saturated carbocycles. The Bertz CT molecular complexity index is 1480. The Balaban J connectivity index is 1.58. The number of anilines is 2. The fourth-order valence-corrected chi connectivity index (χ4v) is 5.20. The van der Waals surface area contributed by atoms with Gasteiger partial charge in [0.1, 0.15) is 6.04 Å². The van der Waals surface area contributed by atoms with Gasteiger partial charge in [-0.3, -0.25) is 9.78 Å². The van der Waals surface area contributed by atoms with Crippen LogP contribution < -0.4 is 24.8 Å². The van der Waals surface area contributed by atoms with Gasteiger partial charge in [0.2, 0.25) is 16.9 Å². The van der Waals surface area contributed by atoms with Crippen molar-refractivity contribution in [2.45, 2.75) is 23.9 Å². The molecule has 1 aliphatic heterocycles. The number of methoxy groups -OCH3 is 3. The predicted octanol–water partition coefficient (Wildman–Crippen LogP) is 4.92. The second kappa shape index (κ2) is 11.5. The number of thioether (sulfide) groups is 1. The molecule has 10 nitrogen and oxygen atoms in total. The lowest BCUT2D eigenvalue weighted by atomic mass is 9.94. The molecule has 0 fully saturated rings. The average Bonchev–Trinajstić information content (AvgIpc) is 3.37. The number of allylic oxidation sites excluding steroid dienone is 1. The van der Waals surface area contributed by atoms with Crippen molar-refractivity contribution >= 4 is 29.3 Å². The number of benzene rings is 2. The van der Waals surface area contributed by atoms with Crippen molar-refractivity contribution < 1.29 is 19.0 Å². The highest BCUT2D eigenvalue weighted by Crippen LogP contribution is 2.44. The number of hydrogen-bond donors (Lipinski definition) is 2. The summed E-state index contributed by atoms with van der Waals surface area (Å²) in [5.74, 6) is 2.33. The van der Waals surface area contributed by atoms with Crippen LogP contribution in [0.25, 0.3) is 0 Å². The number of hydrogen-bond acceptors (Lipinski definition) is 9. The van der Waals surface area contributed by atoms with Gasteiger partial charge in [0.05, 0.1) is 38.8 Å². The highest BCUT2D eigenvalue weighted by Gasteiger charge is 2.35. The van der Waals surface area contributed by atoms with Gasteiger partial charge in [-0.05, 0) is 42.3 Å². The van der Waals surface area contributed by atoms with Gasteiger partial charge in [-0.2, -0.15) is 4.98 Å². The van der Waals surface area contributed by atoms with E-state index in [0.717, 1.165) is 5.56 Å². The van der Waals surface area contributed by atoms with Crippen molar-refractivity contribution in [2.75, 3.05) is 32.0 Å². The summed E-state index contributed by atoms with van der Waals surface area (Å²) in [5.41, 5.74) is 3.57. The van der Waals surface area contributed by atoms with Crippen molar-refractivity contribution in [3.8, 4) is 17.2 Å². The summed E-state index contributed by atoms with van der Waals surface area (Å²) in [6.45, 7) is 1.85. The molecule has 39 heavy (non-hydrogen) atoms. The van der Waals surface area contributed by atoms with Crippen LogP contribution in [0.2, 0.25) is 0 Å². The Kier molecular flexibility index (Phi) is 7.69. The summed E-state index contributed by atoms with van der Waals surface area (Å²) >= 11 is 1.52. The first kappa shape index (κ1) is 26.1. The van der Waals surface area contributed by atoms with Crippen LogP contribution in [0.4, 0.5) is 11.6 Å². The minimum Gasteiger partial charge on any atom is -0.493 e. The molecule has 200 valence electrons. The third-order valence-electron chi connectivity index (χ3n) is 6.21. The van der Waals surface area contributed by atoms with Crippen LogP contribution >= 0.6 is 11.8 Å². The molecule has 0 spiro atoms. The van der Waals surface area contributed by atoms with Crippen molar-refractivity contribution in [3.63, 3.8) is 0 Å². The molecule has 2 N–H and O–H groups in total. The van der Waals surface area contributed by atoms with E-state index in [0.29, 0.717) is 56.6 Å². The van der Waals surface area contributed by atoms with Gasteiger partial charge >= 0.3 is 0 Å². The molecule has 1 atom stereocenters. The number of aromatic nitrogens is 4. The van der Waals surface area contributed by atoms with E-state index in [9.17, 15) is 4.79 Å². The quantitative estimate of drug-likeness (QED) is 0.284. The lowest BCUT2D eigenvalue weighted by Gasteiger charge is -2.29. The maximum atomic E-state index is 13.7. The fraction of sp³-hybridized carbons (Fsp3) is 0.214. The summed E-state index contributed by atoms with van der Waals surface area (Å²) in [5, 5.41) is 11.6. The number of nitrogens with zero attached hydrogens (tertiary/aromatic N) is 4. The normalized spacial score (nSPS) is 14.3. The Hall–Kier alpha value is -4.51. The van der Waals surface area contributed by atoms with Gasteiger partial charge < -0.3 is 24.8 Å². The van der Waals surface area contributed by atoms with E-state index in [4.69, 9.17) is 24.3 Å². The lowest BCUT2D eigenvalue weighted by Crippen LogP contribution is -2.31. The van der Waals surface area contributed by atoms with E-state index in [2.05, 4.69) is 27.8 Å². The standard InChI is InChI=1S/C28H28N6O4S/c1-17-23(26(35)31-20-11-8-12-29-15-20)24(19-13-21(36-2)25(38-4)22(14-19)37-3)34-27(30-17)32-28(33-34)39-16-18-9-6-5-7-10-18/h5-15,24H,16H2,1-4H3,(H,31,35)(H,30,32,33)/t24-/m0/s1. The molecular weight excluding hydrogens is 516 g/mol. The first-order valence-electron chi connectivity index (χ1n) is 12.1. The van der Waals surface area contributed by atoms with Gasteiger partial charge in [0.15, 0.2) is 11.5 Å². The molecule has 1 aliphatic rings. The molecule has 11 heteroatoms. The molecule has 0 aliphatic carbocycles. The van der Waals surface area contributed by atoms with Crippen LogP contribution in [0, 0.1) is 0 Å². The molecule has 2 aromatic heterocycles. The largest absolute Gasteiger partial charge is 0.493 e. The molecule has 2 aromatic carbocycles. The molecule has 0 bridgehead atoms. The number of fused-ring (bicyclic) bond motifs is 1. The van der Waals surface area contributed by atoms with Crippen LogP contribution in [0.5, 0.6) is 17.2 Å². The van der Waals surface area contributed by atoms with Crippen molar-refractivity contribution in [2.24, 2.45) is 0 Å². The smallest absolute Gasteiger partial charge is 0.255 e. The summed E-state index contributed by atoms with van der Waals surface area (Å²) in [6.07, 6.45) is 3.25. The molecule has 3 heterocycles. The van der Waals surface area contributed by atoms with Crippen molar-refractivity contribution in [1.29, 1.82) is 0 Å². The zero-order chi connectivity index (χ0) is 27.4. The number of ether oxygens (including phenoxy) is 3. The summed E-state index contributed by atoms with van der Waals surface area (Å²) in [7, 11) is 4.66. The maximum Gasteiger partial charge on any atom is 0.255 e. The van der Waals surface area contributed by atoms with Gasteiger partial charge in [-0.25, -0.2) is 4.68 Å². The number of amides is 1. The summed E-state index contributed by atoms with van der Waals surface area (Å²) in [6, 6.07) is 16.7. The van der Waals surface area contributed by atoms with Gasteiger partial charge in [0.25, 0.3) is 5.91 Å². The van der Waals surface area contributed by atoms with Crippen LogP contribution in [0.15, 0.2) is 83.4 Å². The molecule has 1 amide bonds. The Morgan fingerprint density at radius 2 is 1.79 bits per heavy atom. The highest BCUT2D eigenvalue weighted by molar-refractivity contribution is 7.98. The first-order chi connectivity index (χ1) is 19.0. The van der Waals surface area contributed by atoms with Gasteiger partial charge in [-0.15, -0.1) is 5.10 Å². The second-order valence-corrected chi connectivity index (χ2v) is 9.60. The van der Waals surface area contributed by atoms with E-state index in [1.54, 1.807) is 50.5 Å². The maximum absolute atomic E-state index is 13.7. The third kappa shape index (κ3) is 5.39. The minimum atomic E-state index is -0.634. The summed E-state index contributed by atoms with van der Waals surface area (Å²) in [4.78, 5) is 22.6. The zero-order valence-corrected chi connectivity index (χ0v) is 22.8. The molecular formula is C28H28N6O4S. The zero-order valence-electron chi connectivity index (χ0n) is 22.0. The molecule has 0 unspecified atom stereocenters. The highest BCUT2D eigenvalue weighted by atomic mass is 32.2. The van der Waals surface area contributed by atoms with Crippen molar-refractivity contribution in [1.82, 2.24) is 19.7 Å².